The summed E-state index contributed by atoms with van der Waals surface area (Å²) in [5.41, 5.74) is 10.7. The van der Waals surface area contributed by atoms with Crippen molar-refractivity contribution in [1.29, 1.82) is 0 Å². The summed E-state index contributed by atoms with van der Waals surface area (Å²) in [4.78, 5) is 41.1. The van der Waals surface area contributed by atoms with Crippen LogP contribution in [0.25, 0.3) is 11.3 Å². The van der Waals surface area contributed by atoms with Gasteiger partial charge in [-0.15, -0.1) is 0 Å². The van der Waals surface area contributed by atoms with Crippen LogP contribution in [0, 0.1) is 6.92 Å². The molecular weight excluding hydrogens is 502 g/mol. The second-order valence-electron chi connectivity index (χ2n) is 9.56. The predicted octanol–water partition coefficient (Wildman–Crippen LogP) is 2.02. The van der Waals surface area contributed by atoms with Crippen LogP contribution in [0.1, 0.15) is 11.1 Å². The van der Waals surface area contributed by atoms with Crippen LogP contribution >= 0.6 is 0 Å². The summed E-state index contributed by atoms with van der Waals surface area (Å²) in [5, 5.41) is 4.44. The Hall–Kier alpha value is -4.23. The number of ether oxygens (including phenoxy) is 2. The second-order valence-corrected chi connectivity index (χ2v) is 9.56. The Morgan fingerprint density at radius 3 is 2.38 bits per heavy atom. The quantitative estimate of drug-likeness (QED) is 0.495. The Morgan fingerprint density at radius 1 is 0.974 bits per heavy atom. The van der Waals surface area contributed by atoms with Crippen LogP contribution < -0.4 is 25.9 Å². The molecule has 13 heteroatoms. The Kier molecular flexibility index (Phi) is 6.99. The normalized spacial score (nSPS) is 17.2. The average molecular weight is 534 g/mol. The smallest absolute Gasteiger partial charge is 0.378 e. The average Bonchev–Trinajstić information content (AvgIpc) is 3.37. The lowest BCUT2D eigenvalue weighted by Crippen LogP contribution is -2.38. The molecule has 13 nitrogen and oxygen atoms in total. The van der Waals surface area contributed by atoms with Gasteiger partial charge in [0.25, 0.3) is 0 Å². The van der Waals surface area contributed by atoms with Crippen molar-refractivity contribution >= 4 is 35.2 Å². The first-order valence-corrected chi connectivity index (χ1v) is 13.1. The number of hydroxylamine groups is 1. The van der Waals surface area contributed by atoms with Crippen LogP contribution in [0.4, 0.5) is 33.9 Å². The molecule has 5 heterocycles. The number of fused-ring (bicyclic) bond motifs is 1. The van der Waals surface area contributed by atoms with Gasteiger partial charge in [-0.25, -0.2) is 19.7 Å². The van der Waals surface area contributed by atoms with Gasteiger partial charge >= 0.3 is 6.09 Å². The van der Waals surface area contributed by atoms with Crippen molar-refractivity contribution in [1.82, 2.24) is 19.9 Å². The molecule has 0 radical (unpaired) electrons. The van der Waals surface area contributed by atoms with E-state index in [1.54, 1.807) is 12.4 Å². The zero-order valence-corrected chi connectivity index (χ0v) is 21.8. The third-order valence-electron chi connectivity index (χ3n) is 7.04. The van der Waals surface area contributed by atoms with Crippen molar-refractivity contribution in [2.24, 2.45) is 0 Å². The number of nitrogens with zero attached hydrogens (tertiary/aromatic N) is 7. The van der Waals surface area contributed by atoms with E-state index in [0.717, 1.165) is 35.5 Å². The summed E-state index contributed by atoms with van der Waals surface area (Å²) in [6.45, 7) is 7.89. The minimum absolute atomic E-state index is 0.187. The Labute approximate surface area is 225 Å². The molecule has 3 N–H and O–H groups in total. The van der Waals surface area contributed by atoms with Gasteiger partial charge in [0.15, 0.2) is 5.82 Å². The molecule has 3 aromatic rings. The number of hydrogen-bond acceptors (Lipinski definition) is 12. The number of amides is 1. The lowest BCUT2D eigenvalue weighted by Gasteiger charge is -2.29. The molecule has 3 aliphatic rings. The highest BCUT2D eigenvalue weighted by Gasteiger charge is 2.31. The van der Waals surface area contributed by atoms with Crippen molar-refractivity contribution in [2.75, 3.05) is 85.1 Å². The molecule has 3 aliphatic heterocycles. The van der Waals surface area contributed by atoms with E-state index in [9.17, 15) is 4.79 Å². The van der Waals surface area contributed by atoms with E-state index in [2.05, 4.69) is 31.2 Å². The maximum Gasteiger partial charge on any atom is 0.436 e. The zero-order chi connectivity index (χ0) is 26.8. The molecule has 0 atom stereocenters. The van der Waals surface area contributed by atoms with Crippen LogP contribution in [0.2, 0.25) is 0 Å². The highest BCUT2D eigenvalue weighted by molar-refractivity contribution is 5.87. The van der Waals surface area contributed by atoms with Crippen LogP contribution in [-0.2, 0) is 20.7 Å². The summed E-state index contributed by atoms with van der Waals surface area (Å²) in [6, 6.07) is 6.02. The zero-order valence-electron chi connectivity index (χ0n) is 21.8. The number of nitrogens with one attached hydrogen (secondary N) is 1. The summed E-state index contributed by atoms with van der Waals surface area (Å²) in [6.07, 6.45) is 3.30. The lowest BCUT2D eigenvalue weighted by molar-refractivity contribution is 0.122. The summed E-state index contributed by atoms with van der Waals surface area (Å²) in [5.74, 6) is 1.27. The lowest BCUT2D eigenvalue weighted by atomic mass is 10.1. The molecule has 0 unspecified atom stereocenters. The molecule has 0 saturated carbocycles. The number of rotatable bonds is 5. The maximum absolute atomic E-state index is 13.1. The topological polar surface area (TPSA) is 144 Å². The number of carbonyl (C=O) groups excluding carboxylic acids is 1. The second kappa shape index (κ2) is 10.9. The Balaban J connectivity index is 1.25. The summed E-state index contributed by atoms with van der Waals surface area (Å²) >= 11 is 0. The van der Waals surface area contributed by atoms with Crippen molar-refractivity contribution in [2.45, 2.75) is 13.3 Å². The van der Waals surface area contributed by atoms with Gasteiger partial charge in [0.05, 0.1) is 38.7 Å². The van der Waals surface area contributed by atoms with Gasteiger partial charge in [0, 0.05) is 61.1 Å². The minimum atomic E-state index is -0.589. The summed E-state index contributed by atoms with van der Waals surface area (Å²) in [7, 11) is 0. The highest BCUT2D eigenvalue weighted by atomic mass is 16.7. The van der Waals surface area contributed by atoms with Crippen LogP contribution in [0.5, 0.6) is 0 Å². The molecule has 0 spiro atoms. The summed E-state index contributed by atoms with van der Waals surface area (Å²) < 4.78 is 11.0. The van der Waals surface area contributed by atoms with Gasteiger partial charge in [0.1, 0.15) is 0 Å². The first kappa shape index (κ1) is 25.1. The first-order valence-electron chi connectivity index (χ1n) is 13.1. The molecule has 2 fully saturated rings. The standard InChI is InChI=1S/C26H31N9O4/c1-17-2-3-19(33-6-10-37-11-7-33)14-21(17)30-26(36)39-35-5-4-20-22(18-15-28-24(27)29-16-18)31-25(32-23(20)35)34-8-12-38-13-9-34/h2-3,14-16H,4-13H2,1H3,(H,30,36)(H2,27,28,29). The molecule has 6 rings (SSSR count). The minimum Gasteiger partial charge on any atom is -0.378 e. The number of aromatic nitrogens is 4. The van der Waals surface area contributed by atoms with E-state index in [1.807, 2.05) is 19.1 Å². The fraction of sp³-hybridized carbons (Fsp3) is 0.423. The SMILES string of the molecule is Cc1ccc(N2CCOCC2)cc1NC(=O)ON1CCc2c(-c3cnc(N)nc3)nc(N3CCOCC3)nc21. The Bertz CT molecular complexity index is 1340. The first-order chi connectivity index (χ1) is 19.0. The van der Waals surface area contributed by atoms with E-state index < -0.39 is 6.09 Å². The molecule has 0 aliphatic carbocycles. The third-order valence-corrected chi connectivity index (χ3v) is 7.04. The molecule has 1 aromatic carbocycles. The third kappa shape index (κ3) is 5.36. The number of nitrogen functional groups attached to an aromatic ring is 1. The number of nitrogens with two attached hydrogens (primary N) is 1. The van der Waals surface area contributed by atoms with Crippen molar-refractivity contribution in [3.63, 3.8) is 0 Å². The van der Waals surface area contributed by atoms with Gasteiger partial charge in [-0.1, -0.05) is 6.07 Å². The highest BCUT2D eigenvalue weighted by Crippen LogP contribution is 2.36. The van der Waals surface area contributed by atoms with Gasteiger partial charge in [-0.3, -0.25) is 5.32 Å². The van der Waals surface area contributed by atoms with E-state index in [0.29, 0.717) is 75.6 Å². The number of benzene rings is 1. The monoisotopic (exact) mass is 533 g/mol. The molecule has 2 aromatic heterocycles. The van der Waals surface area contributed by atoms with Gasteiger partial charge < -0.3 is 29.8 Å². The number of morpholine rings is 2. The van der Waals surface area contributed by atoms with Crippen LogP contribution in [-0.4, -0.2) is 85.2 Å². The van der Waals surface area contributed by atoms with Crippen molar-refractivity contribution < 1.29 is 19.1 Å². The molecule has 2 saturated heterocycles. The van der Waals surface area contributed by atoms with Gasteiger partial charge in [-0.2, -0.15) is 10.0 Å². The van der Waals surface area contributed by atoms with Gasteiger partial charge in [0.2, 0.25) is 11.9 Å². The molecule has 39 heavy (non-hydrogen) atoms. The van der Waals surface area contributed by atoms with Crippen LogP contribution in [0.3, 0.4) is 0 Å². The molecule has 0 bridgehead atoms. The van der Waals surface area contributed by atoms with E-state index >= 15 is 0 Å². The fourth-order valence-corrected chi connectivity index (χ4v) is 4.90. The Morgan fingerprint density at radius 2 is 1.67 bits per heavy atom. The molecule has 1 amide bonds. The number of hydrogen-bond donors (Lipinski definition) is 2. The number of anilines is 5. The predicted molar refractivity (Wildman–Crippen MR) is 146 cm³/mol. The number of carbonyl (C=O) groups is 1. The molecular formula is C26H31N9O4. The van der Waals surface area contributed by atoms with E-state index in [1.165, 1.54) is 5.06 Å². The van der Waals surface area contributed by atoms with Gasteiger partial charge in [-0.05, 0) is 31.0 Å². The largest absolute Gasteiger partial charge is 0.436 e. The van der Waals surface area contributed by atoms with Crippen molar-refractivity contribution in [3.05, 3.63) is 41.7 Å². The number of aryl methyl sites for hydroxylation is 1. The van der Waals surface area contributed by atoms with E-state index in [-0.39, 0.29) is 5.95 Å². The van der Waals surface area contributed by atoms with E-state index in [4.69, 9.17) is 30.0 Å². The molecule has 204 valence electrons. The fourth-order valence-electron chi connectivity index (χ4n) is 4.90. The van der Waals surface area contributed by atoms with Crippen LogP contribution in [0.15, 0.2) is 30.6 Å². The maximum atomic E-state index is 13.1. The van der Waals surface area contributed by atoms with Crippen molar-refractivity contribution in [3.8, 4) is 11.3 Å².